The first-order valence-electron chi connectivity index (χ1n) is 5.17. The van der Waals surface area contributed by atoms with Crippen LogP contribution in [0.25, 0.3) is 0 Å². The summed E-state index contributed by atoms with van der Waals surface area (Å²) >= 11 is 1.01. The van der Waals surface area contributed by atoms with Crippen molar-refractivity contribution in [3.63, 3.8) is 0 Å². The van der Waals surface area contributed by atoms with Crippen LogP contribution in [-0.2, 0) is 14.2 Å². The van der Waals surface area contributed by atoms with E-state index in [1.54, 1.807) is 0 Å². The van der Waals surface area contributed by atoms with Crippen LogP contribution < -0.4 is 0 Å². The molecule has 0 saturated heterocycles. The Kier molecular flexibility index (Phi) is 2.83. The van der Waals surface area contributed by atoms with Crippen LogP contribution in [0.2, 0.25) is 0 Å². The molecule has 0 spiro atoms. The van der Waals surface area contributed by atoms with E-state index in [0.29, 0.717) is 23.9 Å². The first-order chi connectivity index (χ1) is 7.04. The number of hydrogen-bond acceptors (Lipinski definition) is 5. The number of Topliss-reactive ketones (excluding diaryl/α,β-unsaturated/α-hetero) is 1. The zero-order valence-corrected chi connectivity index (χ0v) is 9.80. The molecule has 0 aliphatic heterocycles. The van der Waals surface area contributed by atoms with Crippen molar-refractivity contribution in [2.45, 2.75) is 33.1 Å². The lowest BCUT2D eigenvalue weighted by molar-refractivity contribution is -0.432. The molecule has 2 bridgehead atoms. The molecule has 1 unspecified atom stereocenters. The lowest BCUT2D eigenvalue weighted by atomic mass is 9.70. The summed E-state index contributed by atoms with van der Waals surface area (Å²) < 4.78 is 4.40. The van der Waals surface area contributed by atoms with Gasteiger partial charge in [-0.3, -0.25) is 4.79 Å². The molecule has 0 aromatic rings. The minimum Gasteiger partial charge on any atom is -0.299 e. The van der Waals surface area contributed by atoms with Gasteiger partial charge in [-0.1, -0.05) is 18.9 Å². The van der Waals surface area contributed by atoms with E-state index in [9.17, 15) is 4.79 Å². The Morgan fingerprint density at radius 1 is 1.60 bits per heavy atom. The van der Waals surface area contributed by atoms with Crippen LogP contribution in [0.3, 0.4) is 0 Å². The van der Waals surface area contributed by atoms with Crippen LogP contribution in [0.1, 0.15) is 33.1 Å². The van der Waals surface area contributed by atoms with Crippen LogP contribution in [0, 0.1) is 16.7 Å². The van der Waals surface area contributed by atoms with Gasteiger partial charge in [0.05, 0.1) is 0 Å². The predicted octanol–water partition coefficient (Wildman–Crippen LogP) is 2.45. The molecule has 0 aromatic carbocycles. The van der Waals surface area contributed by atoms with E-state index in [2.05, 4.69) is 23.2 Å². The van der Waals surface area contributed by atoms with Crippen LogP contribution in [0.15, 0.2) is 0 Å². The maximum absolute atomic E-state index is 12.0. The third-order valence-corrected chi connectivity index (χ3v) is 5.29. The second-order valence-electron chi connectivity index (χ2n) is 5.07. The molecule has 2 rings (SSSR count). The van der Waals surface area contributed by atoms with Crippen LogP contribution in [-0.4, -0.2) is 16.8 Å². The Morgan fingerprint density at radius 2 is 2.33 bits per heavy atom. The highest BCUT2D eigenvalue weighted by atomic mass is 32.2. The molecule has 0 heterocycles. The normalized spacial score (nSPS) is 37.5. The van der Waals surface area contributed by atoms with Gasteiger partial charge in [0.2, 0.25) is 0 Å². The summed E-state index contributed by atoms with van der Waals surface area (Å²) in [4.78, 5) is 12.0. The van der Waals surface area contributed by atoms with Gasteiger partial charge < -0.3 is 0 Å². The number of rotatable bonds is 4. The summed E-state index contributed by atoms with van der Waals surface area (Å²) in [6, 6.07) is 0. The number of fused-ring (bicyclic) bond motifs is 2. The van der Waals surface area contributed by atoms with E-state index in [0.717, 1.165) is 24.9 Å². The zero-order valence-electron chi connectivity index (χ0n) is 8.99. The molecule has 0 radical (unpaired) electrons. The first-order valence-corrected chi connectivity index (χ1v) is 6.09. The monoisotopic (exact) mass is 232 g/mol. The molecule has 2 aliphatic carbocycles. The molecule has 2 saturated carbocycles. The van der Waals surface area contributed by atoms with Crippen molar-refractivity contribution in [1.82, 2.24) is 0 Å². The summed E-state index contributed by atoms with van der Waals surface area (Å²) in [6.45, 7) is 4.33. The first kappa shape index (κ1) is 11.4. The highest BCUT2D eigenvalue weighted by molar-refractivity contribution is 7.94. The number of carbonyl (C=O) groups excluding carboxylic acids is 1. The average molecular weight is 232 g/mol. The molecule has 4 nitrogen and oxygen atoms in total. The Morgan fingerprint density at radius 3 is 2.80 bits per heavy atom. The highest BCUT2D eigenvalue weighted by Crippen LogP contribution is 2.64. The molecule has 2 atom stereocenters. The SMILES string of the molecule is CC1(C)C2CC[C@@]1(CSOOO)C(=O)C2. The fraction of sp³-hybridized carbons (Fsp3) is 0.900. The number of hydrogen-bond donors (Lipinski definition) is 1. The van der Waals surface area contributed by atoms with Gasteiger partial charge in [0.25, 0.3) is 0 Å². The summed E-state index contributed by atoms with van der Waals surface area (Å²) in [5.74, 6) is 1.43. The van der Waals surface area contributed by atoms with E-state index in [4.69, 9.17) is 5.26 Å². The van der Waals surface area contributed by atoms with Gasteiger partial charge in [-0.15, -0.1) is 4.33 Å². The summed E-state index contributed by atoms with van der Waals surface area (Å²) in [5, 5.41) is 11.6. The van der Waals surface area contributed by atoms with E-state index in [1.807, 2.05) is 0 Å². The summed E-state index contributed by atoms with van der Waals surface area (Å²) in [5.41, 5.74) is -0.225. The largest absolute Gasteiger partial charge is 0.299 e. The second kappa shape index (κ2) is 3.73. The van der Waals surface area contributed by atoms with Crippen molar-refractivity contribution in [2.75, 3.05) is 5.75 Å². The Labute approximate surface area is 93.4 Å². The maximum Gasteiger partial charge on any atom is 0.140 e. The lowest BCUT2D eigenvalue weighted by Gasteiger charge is -2.35. The molecule has 0 amide bonds. The van der Waals surface area contributed by atoms with Crippen molar-refractivity contribution >= 4 is 17.8 Å². The predicted molar refractivity (Wildman–Crippen MR) is 55.8 cm³/mol. The Balaban J connectivity index is 2.13. The standard InChI is InChI=1S/C10H16O4S/c1-9(2)7-3-4-10(9,8(11)5-7)6-15-14-13-12/h7,12H,3-6H2,1-2H3/t7?,10-/m1/s1. The van der Waals surface area contributed by atoms with Crippen molar-refractivity contribution in [1.29, 1.82) is 0 Å². The van der Waals surface area contributed by atoms with E-state index < -0.39 is 0 Å². The van der Waals surface area contributed by atoms with Crippen molar-refractivity contribution in [2.24, 2.45) is 16.7 Å². The second-order valence-corrected chi connectivity index (χ2v) is 5.73. The highest BCUT2D eigenvalue weighted by Gasteiger charge is 2.63. The minimum absolute atomic E-state index is 0.0515. The van der Waals surface area contributed by atoms with Gasteiger partial charge in [0.1, 0.15) is 5.78 Å². The summed E-state index contributed by atoms with van der Waals surface area (Å²) in [6.07, 6.45) is 2.76. The average Bonchev–Trinajstić information content (AvgIpc) is 2.52. The molecule has 86 valence electrons. The van der Waals surface area contributed by atoms with Gasteiger partial charge in [0.15, 0.2) is 0 Å². The van der Waals surface area contributed by atoms with Gasteiger partial charge in [0, 0.05) is 29.6 Å². The fourth-order valence-corrected chi connectivity index (χ4v) is 4.22. The molecular weight excluding hydrogens is 216 g/mol. The van der Waals surface area contributed by atoms with E-state index in [-0.39, 0.29) is 10.8 Å². The Hall–Kier alpha value is -0.100. The van der Waals surface area contributed by atoms with Crippen molar-refractivity contribution in [3.05, 3.63) is 0 Å². The molecule has 1 N–H and O–H groups in total. The Bertz CT molecular complexity index is 279. The van der Waals surface area contributed by atoms with E-state index >= 15 is 0 Å². The summed E-state index contributed by atoms with van der Waals surface area (Å²) in [7, 11) is 0. The molecule has 15 heavy (non-hydrogen) atoms. The van der Waals surface area contributed by atoms with Crippen molar-refractivity contribution in [3.8, 4) is 0 Å². The van der Waals surface area contributed by atoms with Gasteiger partial charge in [-0.05, 0) is 24.2 Å². The van der Waals surface area contributed by atoms with Gasteiger partial charge in [-0.2, -0.15) is 0 Å². The molecular formula is C10H16O4S. The fourth-order valence-electron chi connectivity index (χ4n) is 3.25. The third-order valence-electron chi connectivity index (χ3n) is 4.52. The third kappa shape index (κ3) is 1.45. The van der Waals surface area contributed by atoms with Crippen molar-refractivity contribution < 1.29 is 19.4 Å². The minimum atomic E-state index is -0.277. The number of ketones is 1. The topological polar surface area (TPSA) is 55.8 Å². The lowest BCUT2D eigenvalue weighted by Crippen LogP contribution is -2.38. The quantitative estimate of drug-likeness (QED) is 0.349. The van der Waals surface area contributed by atoms with Gasteiger partial charge in [-0.25, -0.2) is 5.26 Å². The zero-order chi connectivity index (χ0) is 11.1. The van der Waals surface area contributed by atoms with Gasteiger partial charge >= 0.3 is 0 Å². The van der Waals surface area contributed by atoms with Crippen LogP contribution >= 0.6 is 12.0 Å². The molecule has 5 heteroatoms. The molecule has 0 aromatic heterocycles. The smallest absolute Gasteiger partial charge is 0.140 e. The van der Waals surface area contributed by atoms with Crippen LogP contribution in [0.4, 0.5) is 0 Å². The maximum atomic E-state index is 12.0. The molecule has 2 fully saturated rings. The number of carbonyl (C=O) groups is 1. The molecule has 2 aliphatic rings. The van der Waals surface area contributed by atoms with E-state index in [1.165, 1.54) is 0 Å². The van der Waals surface area contributed by atoms with Crippen LogP contribution in [0.5, 0.6) is 0 Å².